The molecule has 2 aromatic heterocycles. The second-order valence-corrected chi connectivity index (χ2v) is 14.7. The topological polar surface area (TPSA) is 208 Å². The summed E-state index contributed by atoms with van der Waals surface area (Å²) in [6.07, 6.45) is 2.20. The van der Waals surface area contributed by atoms with E-state index in [2.05, 4.69) is 59.7 Å². The summed E-state index contributed by atoms with van der Waals surface area (Å²) >= 11 is 0. The first kappa shape index (κ1) is 42.7. The number of aliphatic carboxylic acids is 1. The van der Waals surface area contributed by atoms with Gasteiger partial charge < -0.3 is 45.1 Å². The Morgan fingerprint density at radius 1 is 0.949 bits per heavy atom. The van der Waals surface area contributed by atoms with Crippen LogP contribution in [0, 0.1) is 18.3 Å². The number of nitriles is 1. The van der Waals surface area contributed by atoms with E-state index in [0.29, 0.717) is 61.1 Å². The Morgan fingerprint density at radius 2 is 1.73 bits per heavy atom. The average Bonchev–Trinajstić information content (AvgIpc) is 3.63. The summed E-state index contributed by atoms with van der Waals surface area (Å²) in [5.74, 6) is 0.464. The number of aliphatic hydroxyl groups excluding tert-OH is 3. The van der Waals surface area contributed by atoms with Crippen LogP contribution in [0.1, 0.15) is 71.6 Å². The SMILES string of the molecule is Cc1c(-c2ccc(OCCNC[C@@H](O)CC(=O)O)cc2)cccc1-c1cccc2c1CC[C@@H]2Oc1ccc(CCC[C@@H](O)CC(O)O)c(OCc2cncc(C#N)c2)n1. The maximum absolute atomic E-state index is 10.7. The minimum Gasteiger partial charge on any atom is -0.492 e. The zero-order valence-corrected chi connectivity index (χ0v) is 33.0. The third-order valence-corrected chi connectivity index (χ3v) is 10.3. The minimum atomic E-state index is -1.57. The number of nitrogens with one attached hydrogen (secondary N) is 1. The van der Waals surface area contributed by atoms with E-state index in [4.69, 9.17) is 24.3 Å². The Morgan fingerprint density at radius 3 is 2.51 bits per heavy atom. The molecule has 0 spiro atoms. The highest BCUT2D eigenvalue weighted by atomic mass is 16.5. The molecule has 1 aliphatic carbocycles. The number of rotatable bonds is 21. The molecule has 0 saturated heterocycles. The number of aromatic nitrogens is 2. The van der Waals surface area contributed by atoms with Crippen molar-refractivity contribution in [3.8, 4) is 45.8 Å². The van der Waals surface area contributed by atoms with Gasteiger partial charge in [-0.3, -0.25) is 9.78 Å². The van der Waals surface area contributed by atoms with Crippen molar-refractivity contribution in [2.45, 2.75) is 83.1 Å². The van der Waals surface area contributed by atoms with E-state index in [1.54, 1.807) is 12.3 Å². The van der Waals surface area contributed by atoms with Crippen LogP contribution in [0.2, 0.25) is 0 Å². The van der Waals surface area contributed by atoms with Gasteiger partial charge in [-0.05, 0) is 102 Å². The summed E-state index contributed by atoms with van der Waals surface area (Å²) in [5.41, 5.74) is 9.91. The molecule has 13 heteroatoms. The van der Waals surface area contributed by atoms with Gasteiger partial charge in [0.2, 0.25) is 11.8 Å². The number of pyridine rings is 2. The van der Waals surface area contributed by atoms with Crippen LogP contribution in [0.25, 0.3) is 22.3 Å². The lowest BCUT2D eigenvalue weighted by Crippen LogP contribution is -2.31. The second-order valence-electron chi connectivity index (χ2n) is 14.7. The summed E-state index contributed by atoms with van der Waals surface area (Å²) in [5, 5.41) is 59.4. The lowest BCUT2D eigenvalue weighted by Gasteiger charge is -2.18. The number of hydrogen-bond acceptors (Lipinski definition) is 12. The number of carboxylic acids is 1. The number of carbonyl (C=O) groups is 1. The van der Waals surface area contributed by atoms with E-state index < -0.39 is 24.5 Å². The van der Waals surface area contributed by atoms with E-state index in [9.17, 15) is 30.5 Å². The molecule has 6 rings (SSSR count). The first-order chi connectivity index (χ1) is 28.6. The van der Waals surface area contributed by atoms with Gasteiger partial charge >= 0.3 is 5.97 Å². The standard InChI is InChI=1S/C46H50N4O9/c1-29-37(32-11-14-36(15-12-32)57-20-19-48-27-35(52)23-45(55)56)7-3-8-38(29)39-9-4-10-41-40(39)16-17-42(41)59-43-18-13-33(5-2-6-34(51)22-44(53)54)46(50-43)58-28-31-21-30(24-47)25-49-26-31/h3-4,7-15,18,21,25-26,34-35,42,44,48,51-54H,2,5-6,16-17,19-20,22-23,27-28H2,1H3,(H,55,56)/t34-,35+,42+/m1/s1. The number of hydrogen-bond donors (Lipinski definition) is 6. The maximum Gasteiger partial charge on any atom is 0.306 e. The van der Waals surface area contributed by atoms with Crippen molar-refractivity contribution in [2.24, 2.45) is 0 Å². The monoisotopic (exact) mass is 802 g/mol. The highest BCUT2D eigenvalue weighted by Gasteiger charge is 2.28. The van der Waals surface area contributed by atoms with Crippen molar-refractivity contribution in [1.82, 2.24) is 15.3 Å². The summed E-state index contributed by atoms with van der Waals surface area (Å²) in [7, 11) is 0. The summed E-state index contributed by atoms with van der Waals surface area (Å²) in [6, 6.07) is 28.1. The molecule has 6 N–H and O–H groups in total. The molecule has 59 heavy (non-hydrogen) atoms. The number of nitrogens with zero attached hydrogens (tertiary/aromatic N) is 3. The van der Waals surface area contributed by atoms with Crippen LogP contribution in [-0.2, 0) is 24.2 Å². The van der Waals surface area contributed by atoms with Crippen molar-refractivity contribution in [3.63, 3.8) is 0 Å². The van der Waals surface area contributed by atoms with Crippen LogP contribution in [0.4, 0.5) is 0 Å². The van der Waals surface area contributed by atoms with Crippen LogP contribution in [-0.4, -0.2) is 79.7 Å². The zero-order chi connectivity index (χ0) is 41.7. The van der Waals surface area contributed by atoms with Crippen molar-refractivity contribution < 1.29 is 44.5 Å². The molecule has 5 aromatic rings. The smallest absolute Gasteiger partial charge is 0.306 e. The molecule has 308 valence electrons. The molecule has 13 nitrogen and oxygen atoms in total. The summed E-state index contributed by atoms with van der Waals surface area (Å²) in [6.45, 7) is 3.30. The molecule has 0 unspecified atom stereocenters. The first-order valence-electron chi connectivity index (χ1n) is 19.8. The Bertz CT molecular complexity index is 2220. The van der Waals surface area contributed by atoms with Crippen LogP contribution in [0.3, 0.4) is 0 Å². The summed E-state index contributed by atoms with van der Waals surface area (Å²) in [4.78, 5) is 19.6. The quantitative estimate of drug-likeness (QED) is 0.0382. The number of ether oxygens (including phenoxy) is 3. The van der Waals surface area contributed by atoms with E-state index in [1.165, 1.54) is 11.8 Å². The molecule has 0 bridgehead atoms. The first-order valence-corrected chi connectivity index (χ1v) is 19.8. The van der Waals surface area contributed by atoms with Gasteiger partial charge in [0.25, 0.3) is 0 Å². The minimum absolute atomic E-state index is 0.120. The highest BCUT2D eigenvalue weighted by molar-refractivity contribution is 5.80. The van der Waals surface area contributed by atoms with Crippen molar-refractivity contribution >= 4 is 5.97 Å². The fourth-order valence-corrected chi connectivity index (χ4v) is 7.39. The normalized spacial score (nSPS) is 14.4. The molecular weight excluding hydrogens is 753 g/mol. The highest BCUT2D eigenvalue weighted by Crippen LogP contribution is 2.42. The molecule has 0 radical (unpaired) electrons. The molecule has 1 aliphatic rings. The molecule has 0 aliphatic heterocycles. The lowest BCUT2D eigenvalue weighted by atomic mass is 9.89. The van der Waals surface area contributed by atoms with Gasteiger partial charge in [-0.1, -0.05) is 48.5 Å². The Balaban J connectivity index is 1.14. The molecule has 0 amide bonds. The second kappa shape index (κ2) is 20.7. The Hall–Kier alpha value is -5.88. The Labute approximate surface area is 343 Å². The number of fused-ring (bicyclic) bond motifs is 1. The number of aliphatic hydroxyl groups is 4. The van der Waals surface area contributed by atoms with Crippen LogP contribution in [0.5, 0.6) is 17.5 Å². The largest absolute Gasteiger partial charge is 0.492 e. The molecular formula is C46H50N4O9. The van der Waals surface area contributed by atoms with Crippen molar-refractivity contribution in [3.05, 3.63) is 125 Å². The van der Waals surface area contributed by atoms with Crippen molar-refractivity contribution in [1.29, 1.82) is 5.26 Å². The van der Waals surface area contributed by atoms with Gasteiger partial charge in [0.15, 0.2) is 6.29 Å². The molecule has 3 aromatic carbocycles. The van der Waals surface area contributed by atoms with E-state index in [-0.39, 0.29) is 32.1 Å². The Kier molecular flexibility index (Phi) is 15.0. The predicted octanol–water partition coefficient (Wildman–Crippen LogP) is 5.82. The molecule has 0 fully saturated rings. The molecule has 3 atom stereocenters. The average molecular weight is 803 g/mol. The van der Waals surface area contributed by atoms with Crippen LogP contribution < -0.4 is 19.5 Å². The number of aryl methyl sites for hydroxylation is 1. The molecule has 2 heterocycles. The van der Waals surface area contributed by atoms with E-state index in [0.717, 1.165) is 51.8 Å². The fourth-order valence-electron chi connectivity index (χ4n) is 7.39. The number of benzene rings is 3. The van der Waals surface area contributed by atoms with E-state index >= 15 is 0 Å². The predicted molar refractivity (Wildman–Crippen MR) is 220 cm³/mol. The van der Waals surface area contributed by atoms with Gasteiger partial charge in [0.1, 0.15) is 31.1 Å². The third-order valence-electron chi connectivity index (χ3n) is 10.3. The fraction of sp³-hybridized carbons (Fsp3) is 0.348. The van der Waals surface area contributed by atoms with Crippen LogP contribution >= 0.6 is 0 Å². The maximum atomic E-state index is 10.7. The van der Waals surface area contributed by atoms with E-state index in [1.807, 2.05) is 36.4 Å². The van der Waals surface area contributed by atoms with Gasteiger partial charge in [-0.2, -0.15) is 10.2 Å². The van der Waals surface area contributed by atoms with Crippen molar-refractivity contribution in [2.75, 3.05) is 19.7 Å². The van der Waals surface area contributed by atoms with Gasteiger partial charge in [-0.15, -0.1) is 0 Å². The van der Waals surface area contributed by atoms with Gasteiger partial charge in [0.05, 0.1) is 24.2 Å². The lowest BCUT2D eigenvalue weighted by molar-refractivity contribution is -0.139. The van der Waals surface area contributed by atoms with Gasteiger partial charge in [-0.25, -0.2) is 0 Å². The number of carboxylic acid groups (broad SMARTS) is 1. The molecule has 0 saturated carbocycles. The third kappa shape index (κ3) is 11.8. The summed E-state index contributed by atoms with van der Waals surface area (Å²) < 4.78 is 18.6. The zero-order valence-electron chi connectivity index (χ0n) is 33.0. The van der Waals surface area contributed by atoms with Crippen LogP contribution in [0.15, 0.2) is 91.3 Å². The van der Waals surface area contributed by atoms with Gasteiger partial charge in [0, 0.05) is 49.1 Å².